The molecule has 1 atom stereocenters. The van der Waals surface area contributed by atoms with Gasteiger partial charge in [0.05, 0.1) is 21.1 Å². The normalized spacial score (nSPS) is 12.3. The molecule has 5 rings (SSSR count). The highest BCUT2D eigenvalue weighted by Crippen LogP contribution is 2.35. The average Bonchev–Trinajstić information content (AvgIpc) is 3.34. The van der Waals surface area contributed by atoms with Gasteiger partial charge in [0.1, 0.15) is 0 Å². The number of rotatable bonds is 6. The Morgan fingerprint density at radius 1 is 1.09 bits per heavy atom. The predicted molar refractivity (Wildman–Crippen MR) is 130 cm³/mol. The van der Waals surface area contributed by atoms with Crippen LogP contribution in [0, 0.1) is 10.1 Å². The molecule has 0 saturated heterocycles. The first-order valence-corrected chi connectivity index (χ1v) is 11.5. The first-order valence-electron chi connectivity index (χ1n) is 10.6. The van der Waals surface area contributed by atoms with Crippen LogP contribution in [0.2, 0.25) is 0 Å². The second-order valence-electron chi connectivity index (χ2n) is 7.67. The molecule has 0 saturated carbocycles. The van der Waals surface area contributed by atoms with E-state index in [4.69, 9.17) is 9.40 Å². The number of nitro benzene ring substituents is 1. The summed E-state index contributed by atoms with van der Waals surface area (Å²) in [7, 11) is 0. The summed E-state index contributed by atoms with van der Waals surface area (Å²) in [5, 5.41) is 22.0. The van der Waals surface area contributed by atoms with Crippen molar-refractivity contribution in [1.82, 2.24) is 19.7 Å². The monoisotopic (exact) mass is 473 g/mol. The van der Waals surface area contributed by atoms with Crippen LogP contribution in [-0.4, -0.2) is 24.7 Å². The van der Waals surface area contributed by atoms with Gasteiger partial charge in [0, 0.05) is 24.2 Å². The van der Waals surface area contributed by atoms with Crippen molar-refractivity contribution in [3.05, 3.63) is 87.0 Å². The first kappa shape index (κ1) is 21.8. The third kappa shape index (κ3) is 3.92. The highest BCUT2D eigenvalue weighted by molar-refractivity contribution is 7.99. The summed E-state index contributed by atoms with van der Waals surface area (Å²) >= 11 is 1.36. The lowest BCUT2D eigenvalue weighted by molar-refractivity contribution is -0.384. The maximum atomic E-state index is 13.2. The highest BCUT2D eigenvalue weighted by atomic mass is 32.2. The maximum Gasteiger partial charge on any atom is 0.269 e. The van der Waals surface area contributed by atoms with Gasteiger partial charge in [-0.3, -0.25) is 19.5 Å². The van der Waals surface area contributed by atoms with Crippen molar-refractivity contribution in [2.75, 3.05) is 0 Å². The van der Waals surface area contributed by atoms with Crippen molar-refractivity contribution >= 4 is 39.1 Å². The Morgan fingerprint density at radius 2 is 1.79 bits per heavy atom. The lowest BCUT2D eigenvalue weighted by Gasteiger charge is -2.13. The molecule has 0 spiro atoms. The fourth-order valence-corrected chi connectivity index (χ4v) is 4.71. The summed E-state index contributed by atoms with van der Waals surface area (Å²) in [6, 6.07) is 17.6. The summed E-state index contributed by atoms with van der Waals surface area (Å²) in [5.74, 6) is 0.636. The smallest absolute Gasteiger partial charge is 0.269 e. The Labute approximate surface area is 197 Å². The number of hydrogen-bond donors (Lipinski definition) is 0. The van der Waals surface area contributed by atoms with Crippen molar-refractivity contribution < 1.29 is 9.34 Å². The molecule has 0 bridgehead atoms. The summed E-state index contributed by atoms with van der Waals surface area (Å²) in [5.41, 5.74) is 1.12. The second-order valence-corrected chi connectivity index (χ2v) is 8.98. The van der Waals surface area contributed by atoms with E-state index in [-0.39, 0.29) is 22.4 Å². The molecular formula is C24H19N5O4S. The standard InChI is InChI=1S/C24H19N5O4S/c1-3-28-23(30)19-12-16-6-4-5-7-17(16)13-20(19)25-24(28)34-14(2)21-26-27-22(33-21)15-8-10-18(11-9-15)29(31)32/h4-14H,3H2,1-2H3. The molecule has 0 aliphatic carbocycles. The molecule has 0 aliphatic rings. The summed E-state index contributed by atoms with van der Waals surface area (Å²) in [6.45, 7) is 4.28. The average molecular weight is 474 g/mol. The molecule has 3 aromatic carbocycles. The third-order valence-corrected chi connectivity index (χ3v) is 6.58. The van der Waals surface area contributed by atoms with Gasteiger partial charge in [-0.1, -0.05) is 36.0 Å². The molecule has 9 nitrogen and oxygen atoms in total. The van der Waals surface area contributed by atoms with Gasteiger partial charge in [-0.15, -0.1) is 10.2 Å². The van der Waals surface area contributed by atoms with Gasteiger partial charge in [0.15, 0.2) is 5.16 Å². The Morgan fingerprint density at radius 3 is 2.47 bits per heavy atom. The van der Waals surface area contributed by atoms with E-state index in [2.05, 4.69) is 10.2 Å². The number of thioether (sulfide) groups is 1. The number of aromatic nitrogens is 4. The van der Waals surface area contributed by atoms with E-state index >= 15 is 0 Å². The Hall–Kier alpha value is -4.05. The van der Waals surface area contributed by atoms with E-state index in [9.17, 15) is 14.9 Å². The fourth-order valence-electron chi connectivity index (χ4n) is 3.71. The molecule has 10 heteroatoms. The quantitative estimate of drug-likeness (QED) is 0.106. The van der Waals surface area contributed by atoms with Gasteiger partial charge in [-0.25, -0.2) is 4.98 Å². The number of benzene rings is 3. The molecular weight excluding hydrogens is 454 g/mol. The van der Waals surface area contributed by atoms with Crippen molar-refractivity contribution in [1.29, 1.82) is 0 Å². The van der Waals surface area contributed by atoms with Crippen LogP contribution in [0.4, 0.5) is 5.69 Å². The number of nitro groups is 1. The molecule has 1 unspecified atom stereocenters. The van der Waals surface area contributed by atoms with Crippen LogP contribution in [0.15, 0.2) is 75.0 Å². The lowest BCUT2D eigenvalue weighted by Crippen LogP contribution is -2.22. The molecule has 0 radical (unpaired) electrons. The van der Waals surface area contributed by atoms with Crippen molar-refractivity contribution in [2.24, 2.45) is 0 Å². The first-order chi connectivity index (χ1) is 16.4. The van der Waals surface area contributed by atoms with Crippen molar-refractivity contribution in [3.8, 4) is 11.5 Å². The maximum absolute atomic E-state index is 13.2. The highest BCUT2D eigenvalue weighted by Gasteiger charge is 2.20. The topological polar surface area (TPSA) is 117 Å². The minimum atomic E-state index is -0.464. The summed E-state index contributed by atoms with van der Waals surface area (Å²) < 4.78 is 7.47. The van der Waals surface area contributed by atoms with E-state index in [0.29, 0.717) is 34.1 Å². The number of fused-ring (bicyclic) bond motifs is 2. The summed E-state index contributed by atoms with van der Waals surface area (Å²) in [6.07, 6.45) is 0. The Kier molecular flexibility index (Phi) is 5.58. The second kappa shape index (κ2) is 8.71. The van der Waals surface area contributed by atoms with E-state index < -0.39 is 4.92 Å². The van der Waals surface area contributed by atoms with E-state index in [1.165, 1.54) is 23.9 Å². The molecule has 5 aromatic rings. The Bertz CT molecular complexity index is 1590. The molecule has 0 fully saturated rings. The number of hydrogen-bond acceptors (Lipinski definition) is 8. The van der Waals surface area contributed by atoms with Crippen LogP contribution in [0.25, 0.3) is 33.1 Å². The number of nitrogens with zero attached hydrogens (tertiary/aromatic N) is 5. The van der Waals surface area contributed by atoms with Gasteiger partial charge in [0.25, 0.3) is 11.2 Å². The number of non-ortho nitro benzene ring substituents is 1. The lowest BCUT2D eigenvalue weighted by atomic mass is 10.1. The van der Waals surface area contributed by atoms with Gasteiger partial charge < -0.3 is 4.42 Å². The van der Waals surface area contributed by atoms with Gasteiger partial charge >= 0.3 is 0 Å². The van der Waals surface area contributed by atoms with Crippen molar-refractivity contribution in [3.63, 3.8) is 0 Å². The van der Waals surface area contributed by atoms with Gasteiger partial charge in [0.2, 0.25) is 11.8 Å². The van der Waals surface area contributed by atoms with Crippen LogP contribution in [0.3, 0.4) is 0 Å². The zero-order valence-electron chi connectivity index (χ0n) is 18.3. The van der Waals surface area contributed by atoms with Crippen LogP contribution >= 0.6 is 11.8 Å². The molecule has 2 heterocycles. The molecule has 170 valence electrons. The molecule has 34 heavy (non-hydrogen) atoms. The molecule has 0 amide bonds. The third-order valence-electron chi connectivity index (χ3n) is 5.50. The van der Waals surface area contributed by atoms with Gasteiger partial charge in [-0.2, -0.15) is 0 Å². The van der Waals surface area contributed by atoms with E-state index in [0.717, 1.165) is 10.8 Å². The van der Waals surface area contributed by atoms with Crippen LogP contribution in [-0.2, 0) is 6.54 Å². The van der Waals surface area contributed by atoms with Crippen molar-refractivity contribution in [2.45, 2.75) is 30.8 Å². The predicted octanol–water partition coefficient (Wildman–Crippen LogP) is 5.38. The fraction of sp³-hybridized carbons (Fsp3) is 0.167. The molecule has 2 aromatic heterocycles. The van der Waals surface area contributed by atoms with Gasteiger partial charge in [-0.05, 0) is 48.9 Å². The minimum absolute atomic E-state index is 0.0138. The van der Waals surface area contributed by atoms with E-state index in [1.54, 1.807) is 16.7 Å². The zero-order chi connectivity index (χ0) is 23.8. The minimum Gasteiger partial charge on any atom is -0.419 e. The molecule has 0 aliphatic heterocycles. The van der Waals surface area contributed by atoms with Crippen LogP contribution in [0.1, 0.15) is 25.0 Å². The SMILES string of the molecule is CCn1c(SC(C)c2nnc(-c3ccc([N+](=O)[O-])cc3)o2)nc2cc3ccccc3cc2c1=O. The zero-order valence-corrected chi connectivity index (χ0v) is 19.2. The van der Waals surface area contributed by atoms with Crippen LogP contribution < -0.4 is 5.56 Å². The Balaban J connectivity index is 1.47. The largest absolute Gasteiger partial charge is 0.419 e. The van der Waals surface area contributed by atoms with E-state index in [1.807, 2.05) is 50.2 Å². The molecule has 0 N–H and O–H groups in total. The summed E-state index contributed by atoms with van der Waals surface area (Å²) in [4.78, 5) is 28.4. The van der Waals surface area contributed by atoms with Crippen LogP contribution in [0.5, 0.6) is 0 Å².